The van der Waals surface area contributed by atoms with Gasteiger partial charge in [-0.2, -0.15) is 0 Å². The summed E-state index contributed by atoms with van der Waals surface area (Å²) in [5.74, 6) is -3.84. The fourth-order valence-corrected chi connectivity index (χ4v) is 4.25. The van der Waals surface area contributed by atoms with E-state index in [1.165, 1.54) is 42.3 Å². The summed E-state index contributed by atoms with van der Waals surface area (Å²) in [6.45, 7) is 5.43. The van der Waals surface area contributed by atoms with Crippen molar-refractivity contribution in [3.8, 4) is 0 Å². The first-order chi connectivity index (χ1) is 21.1. The first-order valence-corrected chi connectivity index (χ1v) is 14.1. The van der Waals surface area contributed by atoms with Gasteiger partial charge >= 0.3 is 12.1 Å². The van der Waals surface area contributed by atoms with Crippen LogP contribution in [0.1, 0.15) is 59.9 Å². The zero-order valence-corrected chi connectivity index (χ0v) is 25.8. The maximum atomic E-state index is 15.0. The predicted molar refractivity (Wildman–Crippen MR) is 168 cm³/mol. The number of nitrogens with zero attached hydrogens (tertiary/aromatic N) is 2. The summed E-state index contributed by atoms with van der Waals surface area (Å²) in [7, 11) is 3.15. The van der Waals surface area contributed by atoms with Crippen LogP contribution in [0.5, 0.6) is 0 Å². The molecule has 0 atom stereocenters. The molecule has 0 aromatic heterocycles. The smallest absolute Gasteiger partial charge is 0.410 e. The Morgan fingerprint density at radius 2 is 1.51 bits per heavy atom. The molecular formula is C33H37FN4O7. The van der Waals surface area contributed by atoms with Crippen LogP contribution in [-0.4, -0.2) is 65.9 Å². The Labute approximate surface area is 261 Å². The van der Waals surface area contributed by atoms with Crippen LogP contribution in [0.2, 0.25) is 0 Å². The summed E-state index contributed by atoms with van der Waals surface area (Å²) in [6.07, 6.45) is -1.47. The number of carboxylic acid groups (broad SMARTS) is 1. The molecule has 0 aliphatic rings. The van der Waals surface area contributed by atoms with Gasteiger partial charge in [-0.15, -0.1) is 0 Å². The fourth-order valence-electron chi connectivity index (χ4n) is 4.25. The minimum atomic E-state index is -1.12. The third-order valence-electron chi connectivity index (χ3n) is 6.44. The van der Waals surface area contributed by atoms with Crippen LogP contribution in [0.15, 0.2) is 66.7 Å². The second-order valence-corrected chi connectivity index (χ2v) is 11.4. The van der Waals surface area contributed by atoms with Crippen LogP contribution in [0.3, 0.4) is 0 Å². The Morgan fingerprint density at radius 1 is 0.889 bits per heavy atom. The highest BCUT2D eigenvalue weighted by Gasteiger charge is 2.24. The number of ether oxygens (including phenoxy) is 1. The lowest BCUT2D eigenvalue weighted by molar-refractivity contribution is -0.123. The maximum absolute atomic E-state index is 15.0. The number of hydrogen-bond donors (Lipinski definition) is 3. The molecule has 0 saturated heterocycles. The van der Waals surface area contributed by atoms with Crippen molar-refractivity contribution in [1.82, 2.24) is 4.90 Å². The lowest BCUT2D eigenvalue weighted by atomic mass is 10.0. The molecule has 0 heterocycles. The molecule has 238 valence electrons. The SMILES string of the molecule is CN(CCC(=O)c1cc(F)cc(N(C)Cc2ccccc2)c1NC(=O)CC(=O)Nc1ccc(C(=O)O)cc1)C(=O)OC(C)(C)C. The Morgan fingerprint density at radius 3 is 2.11 bits per heavy atom. The molecule has 3 aromatic rings. The molecule has 0 fully saturated rings. The summed E-state index contributed by atoms with van der Waals surface area (Å²) in [5, 5.41) is 14.2. The summed E-state index contributed by atoms with van der Waals surface area (Å²) in [4.78, 5) is 65.5. The number of ketones is 1. The van der Waals surface area contributed by atoms with Crippen LogP contribution in [-0.2, 0) is 20.9 Å². The van der Waals surface area contributed by atoms with Gasteiger partial charge in [0, 0.05) is 44.9 Å². The first-order valence-electron chi connectivity index (χ1n) is 14.1. The molecule has 0 saturated carbocycles. The van der Waals surface area contributed by atoms with E-state index in [1.807, 2.05) is 30.3 Å². The zero-order chi connectivity index (χ0) is 33.3. The number of benzene rings is 3. The van der Waals surface area contributed by atoms with E-state index in [2.05, 4.69) is 10.6 Å². The summed E-state index contributed by atoms with van der Waals surface area (Å²) < 4.78 is 20.3. The summed E-state index contributed by atoms with van der Waals surface area (Å²) in [5.41, 5.74) is 0.574. The molecular weight excluding hydrogens is 583 g/mol. The Bertz CT molecular complexity index is 1550. The number of carbonyl (C=O) groups excluding carboxylic acids is 4. The molecule has 0 bridgehead atoms. The second kappa shape index (κ2) is 15.0. The van der Waals surface area contributed by atoms with E-state index in [-0.39, 0.29) is 41.2 Å². The van der Waals surface area contributed by atoms with Gasteiger partial charge in [-0.3, -0.25) is 14.4 Å². The van der Waals surface area contributed by atoms with Gasteiger partial charge in [-0.25, -0.2) is 14.0 Å². The first kappa shape index (κ1) is 34.2. The number of Topliss-reactive ketones (excluding diaryl/α,β-unsaturated/α-hetero) is 1. The van der Waals surface area contributed by atoms with Gasteiger partial charge in [0.1, 0.15) is 17.8 Å². The molecule has 0 unspecified atom stereocenters. The minimum Gasteiger partial charge on any atom is -0.478 e. The van der Waals surface area contributed by atoms with Crippen molar-refractivity contribution in [3.05, 3.63) is 89.2 Å². The molecule has 0 spiro atoms. The Balaban J connectivity index is 1.85. The number of anilines is 3. The van der Waals surface area contributed by atoms with Crippen molar-refractivity contribution >= 4 is 46.7 Å². The maximum Gasteiger partial charge on any atom is 0.410 e. The lowest BCUT2D eigenvalue weighted by Gasteiger charge is -2.26. The standard InChI is InChI=1S/C33H37FN4O7/c1-33(2,3)45-32(44)37(4)16-15-27(39)25-17-23(34)18-26(38(5)20-21-9-7-6-8-10-21)30(25)36-29(41)19-28(40)35-24-13-11-22(12-14-24)31(42)43/h6-14,17-18H,15-16,19-20H2,1-5H3,(H,35,40)(H,36,41)(H,42,43). The molecule has 3 aromatic carbocycles. The third-order valence-corrected chi connectivity index (χ3v) is 6.44. The van der Waals surface area contributed by atoms with Gasteiger partial charge in [-0.1, -0.05) is 30.3 Å². The van der Waals surface area contributed by atoms with Gasteiger partial charge in [0.15, 0.2) is 5.78 Å². The molecule has 0 radical (unpaired) electrons. The minimum absolute atomic E-state index is 0.0170. The van der Waals surface area contributed by atoms with E-state index in [1.54, 1.807) is 32.7 Å². The third kappa shape index (κ3) is 10.4. The van der Waals surface area contributed by atoms with Crippen LogP contribution in [0, 0.1) is 5.82 Å². The van der Waals surface area contributed by atoms with Crippen molar-refractivity contribution in [3.63, 3.8) is 0 Å². The lowest BCUT2D eigenvalue weighted by Crippen LogP contribution is -2.35. The van der Waals surface area contributed by atoms with E-state index in [4.69, 9.17) is 9.84 Å². The van der Waals surface area contributed by atoms with Crippen molar-refractivity contribution in [2.75, 3.05) is 36.2 Å². The average molecular weight is 621 g/mol. The van der Waals surface area contributed by atoms with E-state index < -0.39 is 47.5 Å². The molecule has 12 heteroatoms. The number of rotatable bonds is 12. The number of halogens is 1. The number of nitrogens with one attached hydrogen (secondary N) is 2. The highest BCUT2D eigenvalue weighted by Crippen LogP contribution is 2.33. The van der Waals surface area contributed by atoms with Crippen LogP contribution in [0.25, 0.3) is 0 Å². The van der Waals surface area contributed by atoms with Gasteiger partial charge in [-0.05, 0) is 62.7 Å². The van der Waals surface area contributed by atoms with Crippen LogP contribution < -0.4 is 15.5 Å². The van der Waals surface area contributed by atoms with E-state index in [9.17, 15) is 28.4 Å². The molecule has 3 amide bonds. The Kier molecular flexibility index (Phi) is 11.4. The molecule has 0 aliphatic carbocycles. The largest absolute Gasteiger partial charge is 0.478 e. The normalized spacial score (nSPS) is 10.9. The predicted octanol–water partition coefficient (Wildman–Crippen LogP) is 5.57. The zero-order valence-electron chi connectivity index (χ0n) is 25.8. The van der Waals surface area contributed by atoms with Crippen molar-refractivity contribution in [1.29, 1.82) is 0 Å². The van der Waals surface area contributed by atoms with Gasteiger partial charge in [0.25, 0.3) is 0 Å². The second-order valence-electron chi connectivity index (χ2n) is 11.4. The quantitative estimate of drug-likeness (QED) is 0.176. The van der Waals surface area contributed by atoms with Crippen LogP contribution >= 0.6 is 0 Å². The highest BCUT2D eigenvalue weighted by atomic mass is 19.1. The number of amides is 3. The van der Waals surface area contributed by atoms with E-state index in [0.29, 0.717) is 6.54 Å². The number of hydrogen-bond acceptors (Lipinski definition) is 7. The molecule has 3 rings (SSSR count). The van der Waals surface area contributed by atoms with Crippen molar-refractivity contribution < 1.29 is 38.2 Å². The number of carbonyl (C=O) groups is 5. The molecule has 45 heavy (non-hydrogen) atoms. The van der Waals surface area contributed by atoms with Gasteiger partial charge in [0.2, 0.25) is 11.8 Å². The monoisotopic (exact) mass is 620 g/mol. The Hall–Kier alpha value is -5.26. The van der Waals surface area contributed by atoms with Gasteiger partial charge < -0.3 is 30.3 Å². The summed E-state index contributed by atoms with van der Waals surface area (Å²) >= 11 is 0. The van der Waals surface area contributed by atoms with E-state index in [0.717, 1.165) is 11.6 Å². The molecule has 3 N–H and O–H groups in total. The number of carboxylic acids is 1. The molecule has 0 aliphatic heterocycles. The summed E-state index contributed by atoms with van der Waals surface area (Å²) in [6, 6.07) is 16.9. The van der Waals surface area contributed by atoms with Crippen LogP contribution in [0.4, 0.5) is 26.2 Å². The fraction of sp³-hybridized carbons (Fsp3) is 0.303. The highest BCUT2D eigenvalue weighted by molar-refractivity contribution is 6.13. The number of aromatic carboxylic acids is 1. The van der Waals surface area contributed by atoms with Crippen molar-refractivity contribution in [2.24, 2.45) is 0 Å². The average Bonchev–Trinajstić information content (AvgIpc) is 2.96. The van der Waals surface area contributed by atoms with E-state index >= 15 is 0 Å². The topological polar surface area (TPSA) is 145 Å². The van der Waals surface area contributed by atoms with Crippen molar-refractivity contribution in [2.45, 2.75) is 45.8 Å². The molecule has 11 nitrogen and oxygen atoms in total. The van der Waals surface area contributed by atoms with Gasteiger partial charge in [0.05, 0.1) is 16.9 Å².